The van der Waals surface area contributed by atoms with E-state index in [9.17, 15) is 0 Å². The second-order valence-electron chi connectivity index (χ2n) is 6.66. The number of nitrogens with two attached hydrogens (primary N) is 1. The average Bonchev–Trinajstić information content (AvgIpc) is 2.78. The Morgan fingerprint density at radius 2 is 1.82 bits per heavy atom. The summed E-state index contributed by atoms with van der Waals surface area (Å²) in [5.41, 5.74) is 6.42. The third kappa shape index (κ3) is 2.07. The lowest BCUT2D eigenvalue weighted by atomic mass is 9.94. The Balaban J connectivity index is 1.37. The van der Waals surface area contributed by atoms with Crippen LogP contribution in [0.15, 0.2) is 12.7 Å². The number of allylic oxidation sites excluding steroid dienone is 1. The summed E-state index contributed by atoms with van der Waals surface area (Å²) >= 11 is 0. The van der Waals surface area contributed by atoms with Crippen molar-refractivity contribution in [2.45, 2.75) is 57.4 Å². The van der Waals surface area contributed by atoms with E-state index in [4.69, 9.17) is 5.73 Å². The van der Waals surface area contributed by atoms with Crippen LogP contribution in [-0.4, -0.2) is 6.04 Å². The topological polar surface area (TPSA) is 26.0 Å². The molecule has 0 aromatic heterocycles. The van der Waals surface area contributed by atoms with E-state index >= 15 is 0 Å². The monoisotopic (exact) mass is 233 g/mol. The molecule has 5 unspecified atom stereocenters. The number of fused-ring (bicyclic) bond motifs is 5. The average molecular weight is 233 g/mol. The van der Waals surface area contributed by atoms with Crippen molar-refractivity contribution in [1.82, 2.24) is 0 Å². The molecule has 3 fully saturated rings. The lowest BCUT2D eigenvalue weighted by Crippen LogP contribution is -2.26. The molecule has 2 bridgehead atoms. The van der Waals surface area contributed by atoms with Gasteiger partial charge in [-0.15, -0.1) is 6.58 Å². The van der Waals surface area contributed by atoms with Gasteiger partial charge >= 0.3 is 0 Å². The smallest absolute Gasteiger partial charge is 0.00728 e. The zero-order valence-corrected chi connectivity index (χ0v) is 11.0. The van der Waals surface area contributed by atoms with E-state index in [0.29, 0.717) is 6.04 Å². The fourth-order valence-corrected chi connectivity index (χ4v) is 5.00. The van der Waals surface area contributed by atoms with Crippen LogP contribution in [0.1, 0.15) is 51.4 Å². The molecular formula is C16H27N. The zero-order chi connectivity index (χ0) is 11.8. The molecule has 3 aliphatic carbocycles. The first-order chi connectivity index (χ1) is 8.33. The van der Waals surface area contributed by atoms with E-state index in [2.05, 4.69) is 6.58 Å². The van der Waals surface area contributed by atoms with Crippen LogP contribution in [0, 0.1) is 29.6 Å². The van der Waals surface area contributed by atoms with Crippen LogP contribution >= 0.6 is 0 Å². The number of hydrogen-bond acceptors (Lipinski definition) is 1. The summed E-state index contributed by atoms with van der Waals surface area (Å²) in [7, 11) is 0. The largest absolute Gasteiger partial charge is 0.327 e. The second-order valence-corrected chi connectivity index (χ2v) is 6.66. The fraction of sp³-hybridized carbons (Fsp3) is 0.875. The summed E-state index contributed by atoms with van der Waals surface area (Å²) in [4.78, 5) is 0. The molecule has 0 amide bonds. The van der Waals surface area contributed by atoms with Crippen molar-refractivity contribution in [3.63, 3.8) is 0 Å². The minimum Gasteiger partial charge on any atom is -0.327 e. The Morgan fingerprint density at radius 3 is 2.47 bits per heavy atom. The highest BCUT2D eigenvalue weighted by Gasteiger charge is 2.65. The van der Waals surface area contributed by atoms with E-state index in [1.807, 2.05) is 6.08 Å². The predicted octanol–water partition coefficient (Wildman–Crippen LogP) is 3.74. The van der Waals surface area contributed by atoms with Gasteiger partial charge in [0.25, 0.3) is 0 Å². The lowest BCUT2D eigenvalue weighted by Gasteiger charge is -2.15. The Hall–Kier alpha value is -0.300. The van der Waals surface area contributed by atoms with Crippen molar-refractivity contribution in [3.05, 3.63) is 12.7 Å². The van der Waals surface area contributed by atoms with Gasteiger partial charge in [-0.2, -0.15) is 0 Å². The van der Waals surface area contributed by atoms with Gasteiger partial charge in [0, 0.05) is 6.04 Å². The highest BCUT2D eigenvalue weighted by Crippen LogP contribution is 2.70. The third-order valence-electron chi connectivity index (χ3n) is 5.73. The highest BCUT2D eigenvalue weighted by atomic mass is 14.8. The van der Waals surface area contributed by atoms with Crippen molar-refractivity contribution < 1.29 is 0 Å². The molecule has 1 heteroatoms. The molecular weight excluding hydrogens is 206 g/mol. The van der Waals surface area contributed by atoms with Crippen molar-refractivity contribution in [2.24, 2.45) is 35.3 Å². The van der Waals surface area contributed by atoms with E-state index in [1.165, 1.54) is 44.9 Å². The Labute approximate surface area is 106 Å². The molecule has 0 saturated heterocycles. The molecule has 0 aliphatic heterocycles. The van der Waals surface area contributed by atoms with E-state index < -0.39 is 0 Å². The summed E-state index contributed by atoms with van der Waals surface area (Å²) < 4.78 is 0. The van der Waals surface area contributed by atoms with Crippen LogP contribution in [0.2, 0.25) is 0 Å². The minimum atomic E-state index is 0.525. The molecule has 3 rings (SSSR count). The molecule has 0 radical (unpaired) electrons. The number of rotatable bonds is 7. The maximum Gasteiger partial charge on any atom is 0.00728 e. The molecule has 17 heavy (non-hydrogen) atoms. The van der Waals surface area contributed by atoms with Crippen LogP contribution in [0.3, 0.4) is 0 Å². The molecule has 0 aromatic carbocycles. The summed E-state index contributed by atoms with van der Waals surface area (Å²) in [5.74, 6) is 5.23. The first-order valence-electron chi connectivity index (χ1n) is 7.69. The van der Waals surface area contributed by atoms with Gasteiger partial charge in [0.2, 0.25) is 0 Å². The van der Waals surface area contributed by atoms with Crippen molar-refractivity contribution in [3.8, 4) is 0 Å². The summed E-state index contributed by atoms with van der Waals surface area (Å²) in [6.45, 7) is 3.77. The van der Waals surface area contributed by atoms with Crippen LogP contribution in [0.5, 0.6) is 0 Å². The van der Waals surface area contributed by atoms with Gasteiger partial charge in [-0.3, -0.25) is 0 Å². The molecule has 0 heterocycles. The quantitative estimate of drug-likeness (QED) is 0.526. The Bertz CT molecular complexity index is 269. The van der Waals surface area contributed by atoms with Crippen molar-refractivity contribution in [2.75, 3.05) is 0 Å². The van der Waals surface area contributed by atoms with Crippen molar-refractivity contribution >= 4 is 0 Å². The first-order valence-corrected chi connectivity index (χ1v) is 7.69. The minimum absolute atomic E-state index is 0.525. The molecule has 3 saturated carbocycles. The summed E-state index contributed by atoms with van der Waals surface area (Å²) in [6, 6.07) is 0.525. The van der Waals surface area contributed by atoms with E-state index in [0.717, 1.165) is 29.6 Å². The van der Waals surface area contributed by atoms with Gasteiger partial charge < -0.3 is 5.73 Å². The second kappa shape index (κ2) is 4.76. The molecule has 1 nitrogen and oxygen atoms in total. The Kier molecular flexibility index (Phi) is 3.30. The van der Waals surface area contributed by atoms with Crippen LogP contribution in [-0.2, 0) is 0 Å². The summed E-state index contributed by atoms with van der Waals surface area (Å²) in [5, 5.41) is 0. The molecule has 2 N–H and O–H groups in total. The summed E-state index contributed by atoms with van der Waals surface area (Å²) in [6.07, 6.45) is 13.1. The van der Waals surface area contributed by atoms with Crippen molar-refractivity contribution in [1.29, 1.82) is 0 Å². The highest BCUT2D eigenvalue weighted by molar-refractivity contribution is 5.15. The first kappa shape index (κ1) is 11.8. The van der Waals surface area contributed by atoms with Gasteiger partial charge in [-0.25, -0.2) is 0 Å². The fourth-order valence-electron chi connectivity index (χ4n) is 5.00. The van der Waals surface area contributed by atoms with Gasteiger partial charge in [0.1, 0.15) is 0 Å². The van der Waals surface area contributed by atoms with Gasteiger partial charge in [0.15, 0.2) is 0 Å². The lowest BCUT2D eigenvalue weighted by molar-refractivity contribution is 0.390. The van der Waals surface area contributed by atoms with Crippen LogP contribution < -0.4 is 5.73 Å². The molecule has 0 spiro atoms. The van der Waals surface area contributed by atoms with Gasteiger partial charge in [-0.05, 0) is 68.1 Å². The predicted molar refractivity (Wildman–Crippen MR) is 72.6 cm³/mol. The maximum absolute atomic E-state index is 6.42. The van der Waals surface area contributed by atoms with Crippen LogP contribution in [0.4, 0.5) is 0 Å². The molecule has 0 aromatic rings. The number of unbranched alkanes of at least 4 members (excludes halogenated alkanes) is 3. The van der Waals surface area contributed by atoms with Gasteiger partial charge in [0.05, 0.1) is 0 Å². The normalized spacial score (nSPS) is 43.5. The number of hydrogen-bond donors (Lipinski definition) is 1. The molecule has 3 aliphatic rings. The van der Waals surface area contributed by atoms with E-state index in [1.54, 1.807) is 6.42 Å². The van der Waals surface area contributed by atoms with Crippen LogP contribution in [0.25, 0.3) is 0 Å². The third-order valence-corrected chi connectivity index (χ3v) is 5.73. The molecule has 5 atom stereocenters. The Morgan fingerprint density at radius 1 is 1.12 bits per heavy atom. The van der Waals surface area contributed by atoms with Gasteiger partial charge in [-0.1, -0.05) is 18.9 Å². The van der Waals surface area contributed by atoms with E-state index in [-0.39, 0.29) is 0 Å². The molecule has 96 valence electrons. The maximum atomic E-state index is 6.42. The standard InChI is InChI=1S/C16H27N/c1-2-3-4-5-6-7-13(17)16-14-11-8-9-12(10-11)15(14)16/h2,11-16H,1,3-10,17H2. The SMILES string of the molecule is C=CCCCCCC(N)C1C2C3CCC(C3)C12. The zero-order valence-electron chi connectivity index (χ0n) is 11.0.